The zero-order valence-electron chi connectivity index (χ0n) is 16.7. The molecule has 0 fully saturated rings. The van der Waals surface area contributed by atoms with E-state index in [4.69, 9.17) is 11.6 Å². The Labute approximate surface area is 186 Å². The summed E-state index contributed by atoms with van der Waals surface area (Å²) in [4.78, 5) is 23.9. The molecule has 4 rings (SSSR count). The smallest absolute Gasteiger partial charge is 0.406 e. The molecular weight excluding hydrogens is 445 g/mol. The van der Waals surface area contributed by atoms with E-state index in [1.165, 1.54) is 18.2 Å². The minimum Gasteiger partial charge on any atom is -0.406 e. The standard InChI is InChI=1S/C23H18ClF3N2O3/c24-9-8-17-11-28-22(31)21-20(15-6-4-14(13-30)5-7-15)19(12-29(17)21)16-2-1-3-18(10-16)32-23(25,26)27/h1-7,10,12-13,17H,8-9,11H2,(H,28,31). The van der Waals surface area contributed by atoms with Crippen LogP contribution >= 0.6 is 11.6 Å². The second-order valence-corrected chi connectivity index (χ2v) is 7.71. The van der Waals surface area contributed by atoms with Crippen molar-refractivity contribution in [1.29, 1.82) is 0 Å². The van der Waals surface area contributed by atoms with Crippen molar-refractivity contribution in [2.75, 3.05) is 12.4 Å². The second-order valence-electron chi connectivity index (χ2n) is 7.33. The number of alkyl halides is 4. The Hall–Kier alpha value is -3.26. The molecule has 0 spiro atoms. The van der Waals surface area contributed by atoms with Gasteiger partial charge in [-0.25, -0.2) is 0 Å². The fourth-order valence-electron chi connectivity index (χ4n) is 3.90. The molecule has 0 bridgehead atoms. The molecule has 32 heavy (non-hydrogen) atoms. The highest BCUT2D eigenvalue weighted by Gasteiger charge is 2.33. The van der Waals surface area contributed by atoms with Gasteiger partial charge in [0.1, 0.15) is 17.7 Å². The lowest BCUT2D eigenvalue weighted by Crippen LogP contribution is -2.39. The lowest BCUT2D eigenvalue weighted by molar-refractivity contribution is -0.274. The van der Waals surface area contributed by atoms with Gasteiger partial charge in [-0.3, -0.25) is 9.59 Å². The van der Waals surface area contributed by atoms with Crippen LogP contribution in [0.5, 0.6) is 5.75 Å². The summed E-state index contributed by atoms with van der Waals surface area (Å²) >= 11 is 5.95. The molecule has 1 unspecified atom stereocenters. The van der Waals surface area contributed by atoms with E-state index in [9.17, 15) is 22.8 Å². The minimum atomic E-state index is -4.82. The molecule has 0 saturated carbocycles. The van der Waals surface area contributed by atoms with Crippen molar-refractivity contribution in [3.63, 3.8) is 0 Å². The van der Waals surface area contributed by atoms with Gasteiger partial charge in [-0.1, -0.05) is 36.4 Å². The fraction of sp³-hybridized carbons (Fsp3) is 0.217. The largest absolute Gasteiger partial charge is 0.573 e. The Bertz CT molecular complexity index is 1160. The number of ether oxygens (including phenoxy) is 1. The van der Waals surface area contributed by atoms with E-state index in [2.05, 4.69) is 10.1 Å². The number of aldehydes is 1. The van der Waals surface area contributed by atoms with E-state index >= 15 is 0 Å². The molecular formula is C23H18ClF3N2O3. The summed E-state index contributed by atoms with van der Waals surface area (Å²) in [5.41, 5.74) is 3.10. The summed E-state index contributed by atoms with van der Waals surface area (Å²) in [5, 5.41) is 2.87. The van der Waals surface area contributed by atoms with Gasteiger partial charge in [0, 0.05) is 35.3 Å². The Kier molecular flexibility index (Phi) is 5.97. The number of halogens is 4. The van der Waals surface area contributed by atoms with Gasteiger partial charge in [-0.15, -0.1) is 24.8 Å². The number of hydrogen-bond acceptors (Lipinski definition) is 3. The van der Waals surface area contributed by atoms with Crippen molar-refractivity contribution in [3.05, 3.63) is 66.0 Å². The summed E-state index contributed by atoms with van der Waals surface area (Å²) < 4.78 is 44.1. The SMILES string of the molecule is O=Cc1ccc(-c2c(-c3cccc(OC(F)(F)F)c3)cn3c2C(=O)NCC3CCCl)cc1. The summed E-state index contributed by atoms with van der Waals surface area (Å²) in [5.74, 6) is -0.270. The molecule has 2 heterocycles. The van der Waals surface area contributed by atoms with Crippen molar-refractivity contribution in [3.8, 4) is 28.0 Å². The Morgan fingerprint density at radius 1 is 1.16 bits per heavy atom. The van der Waals surface area contributed by atoms with Crippen LogP contribution in [0.3, 0.4) is 0 Å². The Balaban J connectivity index is 1.92. The number of aromatic nitrogens is 1. The number of hydrogen-bond donors (Lipinski definition) is 1. The van der Waals surface area contributed by atoms with E-state index in [1.807, 2.05) is 4.57 Å². The number of nitrogens with zero attached hydrogens (tertiary/aromatic N) is 1. The van der Waals surface area contributed by atoms with Crippen LogP contribution in [-0.4, -0.2) is 35.5 Å². The van der Waals surface area contributed by atoms with E-state index in [0.29, 0.717) is 58.6 Å². The normalized spacial score (nSPS) is 15.8. The van der Waals surface area contributed by atoms with Gasteiger partial charge >= 0.3 is 6.36 Å². The molecule has 2 aromatic carbocycles. The highest BCUT2D eigenvalue weighted by Crippen LogP contribution is 2.41. The first-order chi connectivity index (χ1) is 15.3. The zero-order chi connectivity index (χ0) is 22.9. The van der Waals surface area contributed by atoms with Crippen molar-refractivity contribution < 1.29 is 27.5 Å². The Morgan fingerprint density at radius 3 is 2.56 bits per heavy atom. The fourth-order valence-corrected chi connectivity index (χ4v) is 4.16. The predicted molar refractivity (Wildman–Crippen MR) is 114 cm³/mol. The average Bonchev–Trinajstić information content (AvgIpc) is 3.17. The van der Waals surface area contributed by atoms with Gasteiger partial charge in [0.15, 0.2) is 0 Å². The van der Waals surface area contributed by atoms with Gasteiger partial charge < -0.3 is 14.6 Å². The average molecular weight is 463 g/mol. The van der Waals surface area contributed by atoms with E-state index in [1.54, 1.807) is 36.5 Å². The molecule has 1 atom stereocenters. The third-order valence-corrected chi connectivity index (χ3v) is 5.51. The lowest BCUT2D eigenvalue weighted by Gasteiger charge is -2.26. The third kappa shape index (κ3) is 4.36. The number of rotatable bonds is 6. The molecule has 5 nitrogen and oxygen atoms in total. The molecule has 1 aliphatic heterocycles. The van der Waals surface area contributed by atoms with Gasteiger partial charge in [0.25, 0.3) is 5.91 Å². The molecule has 1 aliphatic rings. The van der Waals surface area contributed by atoms with Crippen molar-refractivity contribution in [2.24, 2.45) is 0 Å². The third-order valence-electron chi connectivity index (χ3n) is 5.30. The molecule has 0 radical (unpaired) electrons. The number of carbonyl (C=O) groups is 2. The first kappa shape index (κ1) is 22.0. The molecule has 0 aliphatic carbocycles. The van der Waals surface area contributed by atoms with Crippen molar-refractivity contribution >= 4 is 23.8 Å². The molecule has 0 saturated heterocycles. The minimum absolute atomic E-state index is 0.100. The van der Waals surface area contributed by atoms with Gasteiger partial charge in [-0.05, 0) is 29.7 Å². The van der Waals surface area contributed by atoms with Gasteiger partial charge in [0.05, 0.1) is 6.04 Å². The first-order valence-corrected chi connectivity index (χ1v) is 10.3. The maximum Gasteiger partial charge on any atom is 0.573 e. The van der Waals surface area contributed by atoms with E-state index in [0.717, 1.165) is 0 Å². The molecule has 1 N–H and O–H groups in total. The highest BCUT2D eigenvalue weighted by molar-refractivity contribution is 6.17. The number of carbonyl (C=O) groups excluding carboxylic acids is 2. The summed E-state index contributed by atoms with van der Waals surface area (Å²) in [6.45, 7) is 0.396. The van der Waals surface area contributed by atoms with Crippen LogP contribution in [0.2, 0.25) is 0 Å². The van der Waals surface area contributed by atoms with Crippen molar-refractivity contribution in [2.45, 2.75) is 18.8 Å². The van der Waals surface area contributed by atoms with Crippen molar-refractivity contribution in [1.82, 2.24) is 9.88 Å². The van der Waals surface area contributed by atoms with Gasteiger partial charge in [-0.2, -0.15) is 0 Å². The molecule has 9 heteroatoms. The molecule has 1 aromatic heterocycles. The number of nitrogens with one attached hydrogen (secondary N) is 1. The molecule has 166 valence electrons. The Morgan fingerprint density at radius 2 is 1.91 bits per heavy atom. The maximum absolute atomic E-state index is 12.9. The molecule has 1 amide bonds. The highest BCUT2D eigenvalue weighted by atomic mass is 35.5. The lowest BCUT2D eigenvalue weighted by atomic mass is 9.95. The van der Waals surface area contributed by atoms with Gasteiger partial charge in [0.2, 0.25) is 0 Å². The van der Waals surface area contributed by atoms with Crippen LogP contribution in [-0.2, 0) is 0 Å². The van der Waals surface area contributed by atoms with Crippen LogP contribution in [0.15, 0.2) is 54.7 Å². The topological polar surface area (TPSA) is 60.3 Å². The first-order valence-electron chi connectivity index (χ1n) is 9.81. The number of fused-ring (bicyclic) bond motifs is 1. The quantitative estimate of drug-likeness (QED) is 0.391. The second kappa shape index (κ2) is 8.70. The van der Waals surface area contributed by atoms with E-state index < -0.39 is 6.36 Å². The summed E-state index contributed by atoms with van der Waals surface area (Å²) in [7, 11) is 0. The van der Waals surface area contributed by atoms with Crippen LogP contribution in [0.1, 0.15) is 33.3 Å². The monoisotopic (exact) mass is 462 g/mol. The number of benzene rings is 2. The van der Waals surface area contributed by atoms with Crippen LogP contribution < -0.4 is 10.1 Å². The maximum atomic E-state index is 12.9. The number of amides is 1. The molecule has 3 aromatic rings. The summed E-state index contributed by atoms with van der Waals surface area (Å²) in [6.07, 6.45) is -1.75. The van der Waals surface area contributed by atoms with Crippen LogP contribution in [0, 0.1) is 0 Å². The van der Waals surface area contributed by atoms with Crippen LogP contribution in [0.4, 0.5) is 13.2 Å². The summed E-state index contributed by atoms with van der Waals surface area (Å²) in [6, 6.07) is 12.2. The zero-order valence-corrected chi connectivity index (χ0v) is 17.4. The predicted octanol–water partition coefficient (Wildman–Crippen LogP) is 5.45. The van der Waals surface area contributed by atoms with Crippen LogP contribution in [0.25, 0.3) is 22.3 Å². The van der Waals surface area contributed by atoms with E-state index in [-0.39, 0.29) is 17.7 Å².